The lowest BCUT2D eigenvalue weighted by Crippen LogP contribution is -2.33. The van der Waals surface area contributed by atoms with Crippen LogP contribution in [0.5, 0.6) is 0 Å². The molecule has 0 spiro atoms. The van der Waals surface area contributed by atoms with E-state index in [-0.39, 0.29) is 10.6 Å². The lowest BCUT2D eigenvalue weighted by molar-refractivity contribution is -0.385. The summed E-state index contributed by atoms with van der Waals surface area (Å²) < 4.78 is 0.760. The molecule has 0 bridgehead atoms. The highest BCUT2D eigenvalue weighted by Crippen LogP contribution is 2.25. The Morgan fingerprint density at radius 2 is 2.21 bits per heavy atom. The maximum atomic E-state index is 10.8. The maximum Gasteiger partial charge on any atom is 0.270 e. The average Bonchev–Trinajstić information content (AvgIpc) is 2.36. The predicted molar refractivity (Wildman–Crippen MR) is 79.1 cm³/mol. The molecule has 0 aliphatic heterocycles. The van der Waals surface area contributed by atoms with Crippen LogP contribution in [0.25, 0.3) is 0 Å². The number of halogens is 1. The minimum absolute atomic E-state index is 0.142. The predicted octanol–water partition coefficient (Wildman–Crippen LogP) is 4.03. The van der Waals surface area contributed by atoms with Crippen LogP contribution in [-0.2, 0) is 6.54 Å². The van der Waals surface area contributed by atoms with Gasteiger partial charge in [-0.1, -0.05) is 35.7 Å². The van der Waals surface area contributed by atoms with Crippen molar-refractivity contribution >= 4 is 21.6 Å². The van der Waals surface area contributed by atoms with Gasteiger partial charge in [0.15, 0.2) is 0 Å². The fraction of sp³-hybridized carbons (Fsp3) is 0.571. The normalized spacial score (nSPS) is 23.3. The van der Waals surface area contributed by atoms with Crippen LogP contribution in [0.4, 0.5) is 5.69 Å². The molecule has 2 unspecified atom stereocenters. The second kappa shape index (κ2) is 6.48. The van der Waals surface area contributed by atoms with E-state index in [4.69, 9.17) is 0 Å². The third kappa shape index (κ3) is 4.28. The van der Waals surface area contributed by atoms with E-state index in [1.54, 1.807) is 6.07 Å². The number of nitrogens with zero attached hydrogens (tertiary/aromatic N) is 1. The fourth-order valence-electron chi connectivity index (χ4n) is 2.72. The molecule has 0 amide bonds. The second-order valence-electron chi connectivity index (χ2n) is 5.42. The van der Waals surface area contributed by atoms with Gasteiger partial charge in [-0.25, -0.2) is 0 Å². The van der Waals surface area contributed by atoms with Gasteiger partial charge >= 0.3 is 0 Å². The second-order valence-corrected chi connectivity index (χ2v) is 6.34. The van der Waals surface area contributed by atoms with Gasteiger partial charge in [0.05, 0.1) is 4.92 Å². The fourth-order valence-corrected chi connectivity index (χ4v) is 3.25. The number of nitro benzene ring substituents is 1. The number of nitro groups is 1. The molecule has 1 aromatic rings. The van der Waals surface area contributed by atoms with E-state index in [0.29, 0.717) is 12.6 Å². The van der Waals surface area contributed by atoms with Crippen molar-refractivity contribution in [1.29, 1.82) is 0 Å². The monoisotopic (exact) mass is 326 g/mol. The molecule has 4 nitrogen and oxygen atoms in total. The van der Waals surface area contributed by atoms with Gasteiger partial charge < -0.3 is 5.32 Å². The van der Waals surface area contributed by atoms with Crippen LogP contribution >= 0.6 is 15.9 Å². The van der Waals surface area contributed by atoms with Crippen molar-refractivity contribution in [2.45, 2.75) is 45.2 Å². The molecule has 0 radical (unpaired) electrons. The van der Waals surface area contributed by atoms with E-state index in [1.165, 1.54) is 31.7 Å². The van der Waals surface area contributed by atoms with E-state index >= 15 is 0 Å². The Balaban J connectivity index is 1.97. The van der Waals surface area contributed by atoms with Crippen molar-refractivity contribution < 1.29 is 4.92 Å². The lowest BCUT2D eigenvalue weighted by Gasteiger charge is -2.27. The first-order valence-electron chi connectivity index (χ1n) is 6.72. The van der Waals surface area contributed by atoms with Crippen LogP contribution < -0.4 is 5.32 Å². The largest absolute Gasteiger partial charge is 0.310 e. The number of non-ortho nitro benzene ring substituents is 1. The van der Waals surface area contributed by atoms with Crippen molar-refractivity contribution in [1.82, 2.24) is 5.32 Å². The highest BCUT2D eigenvalue weighted by molar-refractivity contribution is 9.10. The maximum absolute atomic E-state index is 10.8. The molecule has 2 atom stereocenters. The quantitative estimate of drug-likeness (QED) is 0.671. The summed E-state index contributed by atoms with van der Waals surface area (Å²) >= 11 is 3.32. The van der Waals surface area contributed by atoms with Gasteiger partial charge in [-0.3, -0.25) is 10.1 Å². The Morgan fingerprint density at radius 3 is 2.89 bits per heavy atom. The molecule has 0 aromatic heterocycles. The van der Waals surface area contributed by atoms with Gasteiger partial charge in [0.25, 0.3) is 5.69 Å². The lowest BCUT2D eigenvalue weighted by atomic mass is 9.87. The molecule has 1 fully saturated rings. The van der Waals surface area contributed by atoms with E-state index < -0.39 is 0 Å². The summed E-state index contributed by atoms with van der Waals surface area (Å²) in [6.07, 6.45) is 5.01. The van der Waals surface area contributed by atoms with Crippen molar-refractivity contribution in [3.05, 3.63) is 38.3 Å². The summed E-state index contributed by atoms with van der Waals surface area (Å²) in [5.41, 5.74) is 1.10. The summed E-state index contributed by atoms with van der Waals surface area (Å²) in [5.74, 6) is 0.781. The van der Waals surface area contributed by atoms with Crippen molar-refractivity contribution in [2.24, 2.45) is 5.92 Å². The van der Waals surface area contributed by atoms with Crippen LogP contribution in [0.2, 0.25) is 0 Å². The Morgan fingerprint density at radius 1 is 1.42 bits per heavy atom. The molecule has 19 heavy (non-hydrogen) atoms. The molecule has 2 rings (SSSR count). The number of nitrogens with one attached hydrogen (secondary N) is 1. The van der Waals surface area contributed by atoms with E-state index in [0.717, 1.165) is 16.0 Å². The zero-order chi connectivity index (χ0) is 13.8. The third-order valence-corrected chi connectivity index (χ3v) is 4.14. The van der Waals surface area contributed by atoms with Crippen molar-refractivity contribution in [2.75, 3.05) is 0 Å². The Labute approximate surface area is 121 Å². The minimum Gasteiger partial charge on any atom is -0.310 e. The Kier molecular flexibility index (Phi) is 4.93. The highest BCUT2D eigenvalue weighted by atomic mass is 79.9. The molecular weight excluding hydrogens is 308 g/mol. The van der Waals surface area contributed by atoms with Gasteiger partial charge in [-0.15, -0.1) is 0 Å². The van der Waals surface area contributed by atoms with E-state index in [2.05, 4.69) is 28.2 Å². The zero-order valence-electron chi connectivity index (χ0n) is 11.1. The number of hydrogen-bond donors (Lipinski definition) is 1. The SMILES string of the molecule is CC1CCCC(NCc2cc(Br)cc([N+](=O)[O-])c2)C1. The molecule has 1 saturated carbocycles. The molecule has 1 aromatic carbocycles. The highest BCUT2D eigenvalue weighted by Gasteiger charge is 2.18. The number of hydrogen-bond acceptors (Lipinski definition) is 3. The Hall–Kier alpha value is -0.940. The first-order chi connectivity index (χ1) is 9.04. The van der Waals surface area contributed by atoms with E-state index in [9.17, 15) is 10.1 Å². The van der Waals surface area contributed by atoms with Gasteiger partial charge in [0.2, 0.25) is 0 Å². The summed E-state index contributed by atoms with van der Waals surface area (Å²) in [6, 6.07) is 5.66. The number of rotatable bonds is 4. The van der Waals surface area contributed by atoms with Gasteiger partial charge in [0, 0.05) is 29.2 Å². The molecule has 104 valence electrons. The summed E-state index contributed by atoms with van der Waals surface area (Å²) in [6.45, 7) is 2.98. The first kappa shape index (κ1) is 14.5. The molecule has 1 N–H and O–H groups in total. The Bertz CT molecular complexity index is 465. The average molecular weight is 327 g/mol. The molecular formula is C14H19BrN2O2. The molecule has 1 aliphatic rings. The third-order valence-electron chi connectivity index (χ3n) is 3.68. The van der Waals surface area contributed by atoms with Crippen LogP contribution in [-0.4, -0.2) is 11.0 Å². The van der Waals surface area contributed by atoms with Crippen LogP contribution in [0, 0.1) is 16.0 Å². The molecule has 0 heterocycles. The van der Waals surface area contributed by atoms with Crippen LogP contribution in [0.1, 0.15) is 38.2 Å². The minimum atomic E-state index is -0.350. The van der Waals surface area contributed by atoms with Crippen molar-refractivity contribution in [3.8, 4) is 0 Å². The van der Waals surface area contributed by atoms with Gasteiger partial charge in [-0.2, -0.15) is 0 Å². The first-order valence-corrected chi connectivity index (χ1v) is 7.51. The summed E-state index contributed by atoms with van der Waals surface area (Å²) in [4.78, 5) is 10.5. The standard InChI is InChI=1S/C14H19BrN2O2/c1-10-3-2-4-13(5-10)16-9-11-6-12(15)8-14(7-11)17(18)19/h6-8,10,13,16H,2-5,9H2,1H3. The van der Waals surface area contributed by atoms with E-state index in [1.807, 2.05) is 6.07 Å². The smallest absolute Gasteiger partial charge is 0.270 e. The van der Waals surface area contributed by atoms with Crippen molar-refractivity contribution in [3.63, 3.8) is 0 Å². The number of benzene rings is 1. The molecule has 1 aliphatic carbocycles. The molecule has 5 heteroatoms. The zero-order valence-corrected chi connectivity index (χ0v) is 12.6. The van der Waals surface area contributed by atoms with Crippen LogP contribution in [0.15, 0.2) is 22.7 Å². The van der Waals surface area contributed by atoms with Gasteiger partial charge in [-0.05, 0) is 30.4 Å². The topological polar surface area (TPSA) is 55.2 Å². The summed E-state index contributed by atoms with van der Waals surface area (Å²) in [7, 11) is 0. The molecule has 0 saturated heterocycles. The van der Waals surface area contributed by atoms with Gasteiger partial charge in [0.1, 0.15) is 0 Å². The van der Waals surface area contributed by atoms with Crippen LogP contribution in [0.3, 0.4) is 0 Å². The summed E-state index contributed by atoms with van der Waals surface area (Å²) in [5, 5.41) is 14.3.